The Morgan fingerprint density at radius 3 is 2.21 bits per heavy atom. The van der Waals surface area contributed by atoms with Crippen molar-refractivity contribution in [2.75, 3.05) is 11.5 Å². The van der Waals surface area contributed by atoms with E-state index in [1.54, 1.807) is 0 Å². The highest BCUT2D eigenvalue weighted by molar-refractivity contribution is 14.1. The Hall–Kier alpha value is -0.200. The fourth-order valence-electron chi connectivity index (χ4n) is 1.98. The normalized spacial score (nSPS) is 15.4. The second kappa shape index (κ2) is 10.6. The zero-order valence-corrected chi connectivity index (χ0v) is 14.0. The van der Waals surface area contributed by atoms with Crippen molar-refractivity contribution < 1.29 is 18.3 Å². The van der Waals surface area contributed by atoms with E-state index in [1.807, 2.05) is 13.8 Å². The third-order valence-electron chi connectivity index (χ3n) is 3.23. The summed E-state index contributed by atoms with van der Waals surface area (Å²) in [4.78, 5) is 12.1. The van der Waals surface area contributed by atoms with Crippen LogP contribution in [0.3, 0.4) is 0 Å². The van der Waals surface area contributed by atoms with Crippen molar-refractivity contribution in [2.45, 2.75) is 46.0 Å². The third-order valence-corrected chi connectivity index (χ3v) is 3.85. The largest absolute Gasteiger partial charge is 0.501 e. The molecule has 0 rings (SSSR count). The summed E-state index contributed by atoms with van der Waals surface area (Å²) in [6.45, 7) is 3.79. The van der Waals surface area contributed by atoms with Crippen LogP contribution >= 0.6 is 22.6 Å². The summed E-state index contributed by atoms with van der Waals surface area (Å²) in [5, 5.41) is 0. The van der Waals surface area contributed by atoms with Crippen molar-refractivity contribution in [3.05, 3.63) is 11.8 Å². The fourth-order valence-corrected chi connectivity index (χ4v) is 2.73. The molecule has 0 amide bonds. The van der Waals surface area contributed by atoms with E-state index in [0.717, 1.165) is 17.3 Å². The molecule has 2 atom stereocenters. The minimum Gasteiger partial charge on any atom is -0.501 e. The first-order chi connectivity index (χ1) is 8.99. The molecular weight excluding hydrogens is 365 g/mol. The average Bonchev–Trinajstić information content (AvgIpc) is 2.39. The highest BCUT2D eigenvalue weighted by Gasteiger charge is 2.21. The molecular formula is C14H23F2IO2. The van der Waals surface area contributed by atoms with Crippen molar-refractivity contribution in [3.8, 4) is 0 Å². The van der Waals surface area contributed by atoms with Crippen molar-refractivity contribution in [1.29, 1.82) is 0 Å². The number of rotatable bonds is 10. The summed E-state index contributed by atoms with van der Waals surface area (Å²) in [6.07, 6.45) is 0.912. The molecule has 19 heavy (non-hydrogen) atoms. The molecule has 0 aliphatic rings. The van der Waals surface area contributed by atoms with Crippen molar-refractivity contribution in [1.82, 2.24) is 0 Å². The SMILES string of the molecule is CCC(CCI)C(=O)/C=C(\OC)C(CC)CC(F)F. The van der Waals surface area contributed by atoms with E-state index in [9.17, 15) is 13.6 Å². The van der Waals surface area contributed by atoms with Gasteiger partial charge in [-0.05, 0) is 19.3 Å². The summed E-state index contributed by atoms with van der Waals surface area (Å²) < 4.78 is 31.0. The second-order valence-corrected chi connectivity index (χ2v) is 5.55. The molecule has 0 saturated carbocycles. The van der Waals surface area contributed by atoms with E-state index in [0.29, 0.717) is 12.2 Å². The van der Waals surface area contributed by atoms with Gasteiger partial charge in [-0.25, -0.2) is 8.78 Å². The lowest BCUT2D eigenvalue weighted by molar-refractivity contribution is -0.118. The minimum absolute atomic E-state index is 0.0104. The van der Waals surface area contributed by atoms with Gasteiger partial charge in [-0.1, -0.05) is 36.4 Å². The third kappa shape index (κ3) is 7.22. The molecule has 112 valence electrons. The van der Waals surface area contributed by atoms with Crippen LogP contribution in [0, 0.1) is 11.8 Å². The molecule has 2 nitrogen and oxygen atoms in total. The van der Waals surface area contributed by atoms with E-state index in [-0.39, 0.29) is 24.0 Å². The molecule has 0 radical (unpaired) electrons. The zero-order valence-electron chi connectivity index (χ0n) is 11.8. The topological polar surface area (TPSA) is 26.3 Å². The van der Waals surface area contributed by atoms with Crippen molar-refractivity contribution in [3.63, 3.8) is 0 Å². The van der Waals surface area contributed by atoms with Gasteiger partial charge >= 0.3 is 0 Å². The molecule has 0 aromatic carbocycles. The Kier molecular flexibility index (Phi) is 10.5. The monoisotopic (exact) mass is 388 g/mol. The molecule has 0 aromatic rings. The minimum atomic E-state index is -2.38. The standard InChI is InChI=1S/C14H23F2IO2/c1-4-10(6-7-17)12(18)9-13(19-3)11(5-2)8-14(15)16/h9-11,14H,4-8H2,1-3H3/b13-9-. The van der Waals surface area contributed by atoms with Crippen LogP contribution in [0.15, 0.2) is 11.8 Å². The van der Waals surface area contributed by atoms with Crippen molar-refractivity contribution >= 4 is 28.4 Å². The number of ether oxygens (including phenoxy) is 1. The smallest absolute Gasteiger partial charge is 0.239 e. The highest BCUT2D eigenvalue weighted by Crippen LogP contribution is 2.24. The number of alkyl halides is 3. The molecule has 5 heteroatoms. The number of hydrogen-bond acceptors (Lipinski definition) is 2. The zero-order chi connectivity index (χ0) is 14.8. The van der Waals surface area contributed by atoms with Crippen LogP contribution in [-0.2, 0) is 9.53 Å². The summed E-state index contributed by atoms with van der Waals surface area (Å²) in [5.74, 6) is -0.0411. The lowest BCUT2D eigenvalue weighted by Crippen LogP contribution is -2.16. The highest BCUT2D eigenvalue weighted by atomic mass is 127. The fraction of sp³-hybridized carbons (Fsp3) is 0.786. The predicted molar refractivity (Wildman–Crippen MR) is 81.8 cm³/mol. The van der Waals surface area contributed by atoms with Gasteiger partial charge < -0.3 is 4.74 Å². The van der Waals surface area contributed by atoms with Gasteiger partial charge in [0.2, 0.25) is 6.43 Å². The molecule has 0 saturated heterocycles. The summed E-state index contributed by atoms with van der Waals surface area (Å²) in [6, 6.07) is 0. The van der Waals surface area contributed by atoms with Gasteiger partial charge in [0.15, 0.2) is 5.78 Å². The number of halogens is 3. The van der Waals surface area contributed by atoms with Gasteiger partial charge in [-0.3, -0.25) is 4.79 Å². The van der Waals surface area contributed by atoms with Gasteiger partial charge in [0.05, 0.1) is 7.11 Å². The number of carbonyl (C=O) groups is 1. The average molecular weight is 388 g/mol. The van der Waals surface area contributed by atoms with Crippen LogP contribution in [0.25, 0.3) is 0 Å². The number of hydrogen-bond donors (Lipinski definition) is 0. The first-order valence-corrected chi connectivity index (χ1v) is 8.16. The number of methoxy groups -OCH3 is 1. The molecule has 0 N–H and O–H groups in total. The molecule has 0 heterocycles. The number of carbonyl (C=O) groups excluding carboxylic acids is 1. The molecule has 0 aromatic heterocycles. The summed E-state index contributed by atoms with van der Waals surface area (Å²) in [5.41, 5.74) is 0. The van der Waals surface area contributed by atoms with Gasteiger partial charge in [0.25, 0.3) is 0 Å². The maximum Gasteiger partial charge on any atom is 0.239 e. The Balaban J connectivity index is 4.88. The van der Waals surface area contributed by atoms with Crippen LogP contribution in [0.2, 0.25) is 0 Å². The van der Waals surface area contributed by atoms with Crippen LogP contribution < -0.4 is 0 Å². The van der Waals surface area contributed by atoms with Crippen LogP contribution in [-0.4, -0.2) is 23.7 Å². The van der Waals surface area contributed by atoms with Gasteiger partial charge in [-0.15, -0.1) is 0 Å². The van der Waals surface area contributed by atoms with Crippen LogP contribution in [0.4, 0.5) is 8.78 Å². The first-order valence-electron chi connectivity index (χ1n) is 6.63. The van der Waals surface area contributed by atoms with E-state index < -0.39 is 6.43 Å². The van der Waals surface area contributed by atoms with Crippen LogP contribution in [0.5, 0.6) is 0 Å². The molecule has 0 bridgehead atoms. The maximum atomic E-state index is 12.5. The summed E-state index contributed by atoms with van der Waals surface area (Å²) >= 11 is 2.24. The predicted octanol–water partition coefficient (Wildman–Crippen LogP) is 4.62. The first kappa shape index (κ1) is 18.8. The molecule has 0 aliphatic heterocycles. The Labute approximate surface area is 128 Å². The van der Waals surface area contributed by atoms with E-state index in [1.165, 1.54) is 13.2 Å². The molecule has 0 fully saturated rings. The van der Waals surface area contributed by atoms with E-state index in [4.69, 9.17) is 4.74 Å². The molecule has 2 unspecified atom stereocenters. The van der Waals surface area contributed by atoms with Crippen LogP contribution in [0.1, 0.15) is 39.5 Å². The van der Waals surface area contributed by atoms with E-state index in [2.05, 4.69) is 22.6 Å². The van der Waals surface area contributed by atoms with Gasteiger partial charge in [-0.2, -0.15) is 0 Å². The Bertz CT molecular complexity index is 293. The van der Waals surface area contributed by atoms with Gasteiger partial charge in [0.1, 0.15) is 5.76 Å². The maximum absolute atomic E-state index is 12.5. The van der Waals surface area contributed by atoms with Crippen molar-refractivity contribution in [2.24, 2.45) is 11.8 Å². The Morgan fingerprint density at radius 2 is 1.84 bits per heavy atom. The molecule has 0 spiro atoms. The Morgan fingerprint density at radius 1 is 1.26 bits per heavy atom. The van der Waals surface area contributed by atoms with E-state index >= 15 is 0 Å². The lowest BCUT2D eigenvalue weighted by atomic mass is 9.94. The quantitative estimate of drug-likeness (QED) is 0.236. The molecule has 0 aliphatic carbocycles. The lowest BCUT2D eigenvalue weighted by Gasteiger charge is -2.18. The number of allylic oxidation sites excluding steroid dienone is 2. The summed E-state index contributed by atoms with van der Waals surface area (Å²) in [7, 11) is 1.44. The number of ketones is 1. The van der Waals surface area contributed by atoms with Gasteiger partial charge in [0, 0.05) is 28.8 Å². The second-order valence-electron chi connectivity index (χ2n) is 4.47.